The monoisotopic (exact) mass is 280 g/mol. The van der Waals surface area contributed by atoms with Gasteiger partial charge in [0.2, 0.25) is 0 Å². The molecule has 0 amide bonds. The molecule has 0 aliphatic rings. The molecular weight excluding hydrogens is 252 g/mol. The molecule has 0 bridgehead atoms. The van der Waals surface area contributed by atoms with Gasteiger partial charge in [-0.1, -0.05) is 32.9 Å². The van der Waals surface area contributed by atoms with Crippen molar-refractivity contribution in [3.8, 4) is 0 Å². The highest BCUT2D eigenvalue weighted by atomic mass is 28.4. The number of aryl methyl sites for hydroxylation is 2. The van der Waals surface area contributed by atoms with Crippen LogP contribution in [-0.2, 0) is 17.6 Å². The van der Waals surface area contributed by atoms with Crippen molar-refractivity contribution in [1.82, 2.24) is 0 Å². The highest BCUT2D eigenvalue weighted by Crippen LogP contribution is 2.37. The van der Waals surface area contributed by atoms with Crippen LogP contribution in [0.3, 0.4) is 0 Å². The predicted octanol–water partition coefficient (Wildman–Crippen LogP) is 4.32. The minimum Gasteiger partial charge on any atom is -0.413 e. The minimum atomic E-state index is -1.70. The first-order valence-electron chi connectivity index (χ1n) is 6.92. The van der Waals surface area contributed by atoms with Crippen LogP contribution in [0, 0.1) is 13.8 Å². The fraction of sp³-hybridized carbons (Fsp3) is 0.625. The van der Waals surface area contributed by atoms with Gasteiger partial charge >= 0.3 is 0 Å². The van der Waals surface area contributed by atoms with Crippen molar-refractivity contribution in [2.75, 3.05) is 0 Å². The fourth-order valence-electron chi connectivity index (χ4n) is 1.87. The van der Waals surface area contributed by atoms with Gasteiger partial charge in [-0.25, -0.2) is 0 Å². The zero-order valence-electron chi connectivity index (χ0n) is 13.4. The first-order chi connectivity index (χ1) is 8.58. The van der Waals surface area contributed by atoms with Crippen molar-refractivity contribution >= 4 is 8.32 Å². The molecule has 0 atom stereocenters. The molecule has 0 spiro atoms. The largest absolute Gasteiger partial charge is 0.413 e. The van der Waals surface area contributed by atoms with Crippen molar-refractivity contribution < 1.29 is 9.53 Å². The Morgan fingerprint density at radius 2 is 1.58 bits per heavy atom. The Balaban J connectivity index is 2.90. The summed E-state index contributed by atoms with van der Waals surface area (Å²) in [6.07, 6.45) is 0. The molecule has 1 N–H and O–H groups in total. The lowest BCUT2D eigenvalue weighted by atomic mass is 10.0. The number of hydrogen-bond donors (Lipinski definition) is 1. The molecule has 3 heteroatoms. The smallest absolute Gasteiger partial charge is 0.192 e. The van der Waals surface area contributed by atoms with Crippen molar-refractivity contribution in [2.45, 2.75) is 66.0 Å². The van der Waals surface area contributed by atoms with E-state index in [2.05, 4.69) is 59.8 Å². The Labute approximate surface area is 118 Å². The predicted molar refractivity (Wildman–Crippen MR) is 83.8 cm³/mol. The van der Waals surface area contributed by atoms with Crippen LogP contribution in [0.5, 0.6) is 0 Å². The molecule has 19 heavy (non-hydrogen) atoms. The van der Waals surface area contributed by atoms with E-state index in [-0.39, 0.29) is 11.6 Å². The molecule has 0 radical (unpaired) electrons. The Bertz CT molecular complexity index is 422. The third-order valence-corrected chi connectivity index (χ3v) is 8.80. The average molecular weight is 280 g/mol. The van der Waals surface area contributed by atoms with E-state index in [1.165, 1.54) is 16.7 Å². The summed E-state index contributed by atoms with van der Waals surface area (Å²) in [4.78, 5) is 0. The van der Waals surface area contributed by atoms with Gasteiger partial charge < -0.3 is 9.53 Å². The van der Waals surface area contributed by atoms with Crippen LogP contribution in [0.1, 0.15) is 43.0 Å². The van der Waals surface area contributed by atoms with Crippen molar-refractivity contribution in [3.05, 3.63) is 34.4 Å². The molecule has 0 aliphatic carbocycles. The van der Waals surface area contributed by atoms with Gasteiger partial charge in [0.05, 0.1) is 13.2 Å². The zero-order chi connectivity index (χ0) is 14.8. The van der Waals surface area contributed by atoms with E-state index in [9.17, 15) is 5.11 Å². The third kappa shape index (κ3) is 3.91. The molecule has 0 fully saturated rings. The third-order valence-electron chi connectivity index (χ3n) is 4.32. The Morgan fingerprint density at radius 1 is 1.11 bits per heavy atom. The number of rotatable bonds is 4. The van der Waals surface area contributed by atoms with Crippen molar-refractivity contribution in [3.63, 3.8) is 0 Å². The highest BCUT2D eigenvalue weighted by molar-refractivity contribution is 6.74. The van der Waals surface area contributed by atoms with Gasteiger partial charge in [-0.3, -0.25) is 0 Å². The van der Waals surface area contributed by atoms with Gasteiger partial charge in [0.15, 0.2) is 8.32 Å². The molecule has 0 heterocycles. The van der Waals surface area contributed by atoms with Crippen molar-refractivity contribution in [2.24, 2.45) is 0 Å². The van der Waals surface area contributed by atoms with Crippen LogP contribution in [0.4, 0.5) is 0 Å². The second kappa shape index (κ2) is 5.78. The number of aliphatic hydroxyl groups excluding tert-OH is 1. The lowest BCUT2D eigenvalue weighted by Crippen LogP contribution is -2.40. The molecule has 0 aliphatic heterocycles. The van der Waals surface area contributed by atoms with E-state index in [4.69, 9.17) is 4.43 Å². The molecular formula is C16H28O2Si. The van der Waals surface area contributed by atoms with Gasteiger partial charge in [-0.2, -0.15) is 0 Å². The topological polar surface area (TPSA) is 29.5 Å². The zero-order valence-corrected chi connectivity index (χ0v) is 14.4. The van der Waals surface area contributed by atoms with Crippen LogP contribution in [0.25, 0.3) is 0 Å². The minimum absolute atomic E-state index is 0.102. The molecule has 0 saturated carbocycles. The fourth-order valence-corrected chi connectivity index (χ4v) is 2.81. The first kappa shape index (κ1) is 16.4. The maximum Gasteiger partial charge on any atom is 0.192 e. The Kier molecular flexibility index (Phi) is 4.99. The Hall–Kier alpha value is -0.643. The van der Waals surface area contributed by atoms with E-state index < -0.39 is 8.32 Å². The number of benzene rings is 1. The summed E-state index contributed by atoms with van der Waals surface area (Å²) < 4.78 is 6.29. The molecule has 0 aromatic heterocycles. The van der Waals surface area contributed by atoms with Crippen LogP contribution in [-0.4, -0.2) is 13.4 Å². The van der Waals surface area contributed by atoms with Crippen LogP contribution in [0.15, 0.2) is 12.1 Å². The van der Waals surface area contributed by atoms with Crippen molar-refractivity contribution in [1.29, 1.82) is 0 Å². The maximum absolute atomic E-state index is 9.22. The summed E-state index contributed by atoms with van der Waals surface area (Å²) >= 11 is 0. The molecule has 1 rings (SSSR count). The van der Waals surface area contributed by atoms with E-state index in [0.717, 1.165) is 5.56 Å². The standard InChI is InChI=1S/C16H28O2Si/c1-12-8-14(10-17)9-13(2)15(12)11-18-19(6,7)16(3,4)5/h8-9,17H,10-11H2,1-7H3. The number of hydrogen-bond acceptors (Lipinski definition) is 2. The van der Waals surface area contributed by atoms with Crippen LogP contribution < -0.4 is 0 Å². The average Bonchev–Trinajstić information content (AvgIpc) is 2.25. The SMILES string of the molecule is Cc1cc(CO)cc(C)c1CO[Si](C)(C)C(C)(C)C. The highest BCUT2D eigenvalue weighted by Gasteiger charge is 2.37. The van der Waals surface area contributed by atoms with Crippen LogP contribution >= 0.6 is 0 Å². The van der Waals surface area contributed by atoms with E-state index in [1.54, 1.807) is 0 Å². The summed E-state index contributed by atoms with van der Waals surface area (Å²) in [6.45, 7) is 16.3. The summed E-state index contributed by atoms with van der Waals surface area (Å²) in [5.41, 5.74) is 4.67. The summed E-state index contributed by atoms with van der Waals surface area (Å²) in [5.74, 6) is 0. The van der Waals surface area contributed by atoms with Gasteiger partial charge in [0.25, 0.3) is 0 Å². The molecule has 0 saturated heterocycles. The van der Waals surface area contributed by atoms with Gasteiger partial charge in [-0.15, -0.1) is 0 Å². The number of aliphatic hydroxyl groups is 1. The molecule has 2 nitrogen and oxygen atoms in total. The molecule has 1 aromatic rings. The van der Waals surface area contributed by atoms with E-state index in [0.29, 0.717) is 6.61 Å². The van der Waals surface area contributed by atoms with Gasteiger partial charge in [0.1, 0.15) is 0 Å². The molecule has 108 valence electrons. The maximum atomic E-state index is 9.22. The second-order valence-electron chi connectivity index (χ2n) is 6.92. The summed E-state index contributed by atoms with van der Waals surface area (Å²) in [7, 11) is -1.70. The van der Waals surface area contributed by atoms with E-state index in [1.807, 2.05) is 0 Å². The lowest BCUT2D eigenvalue weighted by molar-refractivity contribution is 0.273. The van der Waals surface area contributed by atoms with Gasteiger partial charge in [0, 0.05) is 0 Å². The summed E-state index contributed by atoms with van der Waals surface area (Å²) in [5, 5.41) is 9.45. The van der Waals surface area contributed by atoms with E-state index >= 15 is 0 Å². The first-order valence-corrected chi connectivity index (χ1v) is 9.83. The second-order valence-corrected chi connectivity index (χ2v) is 11.7. The summed E-state index contributed by atoms with van der Waals surface area (Å²) in [6, 6.07) is 4.11. The normalized spacial score (nSPS) is 12.8. The lowest BCUT2D eigenvalue weighted by Gasteiger charge is -2.36. The van der Waals surface area contributed by atoms with Crippen LogP contribution in [0.2, 0.25) is 18.1 Å². The molecule has 1 aromatic carbocycles. The quantitative estimate of drug-likeness (QED) is 0.832. The molecule has 0 unspecified atom stereocenters. The Morgan fingerprint density at radius 3 is 1.95 bits per heavy atom. The van der Waals surface area contributed by atoms with Gasteiger partial charge in [-0.05, 0) is 54.2 Å².